The van der Waals surface area contributed by atoms with Crippen LogP contribution in [-0.2, 0) is 4.79 Å². The molecule has 2 N–H and O–H groups in total. The van der Waals surface area contributed by atoms with E-state index in [2.05, 4.69) is 21.4 Å². The number of carbonyl (C=O) groups excluding carboxylic acids is 2. The summed E-state index contributed by atoms with van der Waals surface area (Å²) in [7, 11) is 0. The summed E-state index contributed by atoms with van der Waals surface area (Å²) in [5.74, 6) is -2.09. The Hall–Kier alpha value is -2.49. The lowest BCUT2D eigenvalue weighted by Gasteiger charge is -2.15. The first-order valence-corrected chi connectivity index (χ1v) is 9.55. The molecule has 136 valence electrons. The molecule has 0 aliphatic carbocycles. The molecule has 0 unspecified atom stereocenters. The normalized spacial score (nSPS) is 15.3. The highest BCUT2D eigenvalue weighted by Crippen LogP contribution is 2.32. The van der Waals surface area contributed by atoms with Gasteiger partial charge in [-0.25, -0.2) is 4.79 Å². The maximum atomic E-state index is 12.6. The Morgan fingerprint density at radius 1 is 1.15 bits per heavy atom. The van der Waals surface area contributed by atoms with E-state index in [-0.39, 0.29) is 14.8 Å². The number of hydrogen-bond donors (Lipinski definition) is 2. The maximum absolute atomic E-state index is 12.6. The Balaban J connectivity index is 1.82. The van der Waals surface area contributed by atoms with Crippen LogP contribution in [-0.4, -0.2) is 32.2 Å². The number of carbonyl (C=O) groups is 3. The van der Waals surface area contributed by atoms with Gasteiger partial charge in [-0.05, 0) is 54.2 Å². The summed E-state index contributed by atoms with van der Waals surface area (Å²) in [6.45, 7) is 0. The van der Waals surface area contributed by atoms with Crippen LogP contribution in [0.4, 0.5) is 0 Å². The lowest BCUT2D eigenvalue weighted by atomic mass is 10.1. The van der Waals surface area contributed by atoms with Gasteiger partial charge in [0.15, 0.2) is 4.32 Å². The van der Waals surface area contributed by atoms with Gasteiger partial charge in [0.1, 0.15) is 0 Å². The molecule has 2 amide bonds. The Morgan fingerprint density at radius 3 is 2.48 bits per heavy atom. The number of carboxylic acid groups (broad SMARTS) is 1. The molecule has 1 fully saturated rings. The van der Waals surface area contributed by atoms with Gasteiger partial charge < -0.3 is 5.11 Å². The van der Waals surface area contributed by atoms with Crippen molar-refractivity contribution in [1.82, 2.24) is 10.4 Å². The van der Waals surface area contributed by atoms with Crippen LogP contribution in [0.1, 0.15) is 26.3 Å². The fraction of sp³-hybridized carbons (Fsp3) is 0. The zero-order valence-electron chi connectivity index (χ0n) is 13.5. The van der Waals surface area contributed by atoms with Crippen molar-refractivity contribution in [3.8, 4) is 0 Å². The number of thioether (sulfide) groups is 1. The number of thiocarbonyl (C=S) groups is 1. The monoisotopic (exact) mass is 462 g/mol. The van der Waals surface area contributed by atoms with Gasteiger partial charge in [-0.1, -0.05) is 45.9 Å². The summed E-state index contributed by atoms with van der Waals surface area (Å²) in [5.41, 5.74) is 3.30. The smallest absolute Gasteiger partial charge is 0.336 e. The Morgan fingerprint density at radius 2 is 1.81 bits per heavy atom. The third-order valence-corrected chi connectivity index (χ3v) is 5.42. The molecule has 1 heterocycles. The lowest BCUT2D eigenvalue weighted by Crippen LogP contribution is -2.44. The number of amides is 2. The zero-order chi connectivity index (χ0) is 19.6. The first-order valence-electron chi connectivity index (χ1n) is 7.53. The van der Waals surface area contributed by atoms with Crippen LogP contribution >= 0.6 is 39.9 Å². The van der Waals surface area contributed by atoms with Crippen LogP contribution in [0.2, 0.25) is 0 Å². The average Bonchev–Trinajstić information content (AvgIpc) is 2.90. The second-order valence-corrected chi connectivity index (χ2v) is 7.95. The third kappa shape index (κ3) is 4.26. The number of nitrogens with one attached hydrogen (secondary N) is 1. The standard InChI is InChI=1S/C18H11BrN2O4S2/c19-12-7-5-10(6-8-12)15(22)20-21-16(23)14(27-18(21)26)9-11-3-1-2-4-13(11)17(24)25/h1-9H,(H,20,22)(H,24,25)/b14-9-. The Labute approximate surface area is 172 Å². The van der Waals surface area contributed by atoms with E-state index in [0.29, 0.717) is 11.1 Å². The minimum Gasteiger partial charge on any atom is -0.478 e. The summed E-state index contributed by atoms with van der Waals surface area (Å²) in [5, 5.41) is 10.2. The Kier molecular flexibility index (Phi) is 5.73. The van der Waals surface area contributed by atoms with Crippen molar-refractivity contribution in [3.05, 3.63) is 74.6 Å². The molecule has 2 aromatic rings. The SMILES string of the molecule is O=C(NN1C(=O)/C(=C/c2ccccc2C(=O)O)SC1=S)c1ccc(Br)cc1. The van der Waals surface area contributed by atoms with Gasteiger partial charge in [-0.3, -0.25) is 15.0 Å². The van der Waals surface area contributed by atoms with E-state index in [9.17, 15) is 19.5 Å². The topological polar surface area (TPSA) is 86.7 Å². The van der Waals surface area contributed by atoms with Crippen molar-refractivity contribution < 1.29 is 19.5 Å². The molecule has 1 aliphatic heterocycles. The molecular weight excluding hydrogens is 452 g/mol. The number of halogens is 1. The van der Waals surface area contributed by atoms with E-state index in [0.717, 1.165) is 21.2 Å². The van der Waals surface area contributed by atoms with Gasteiger partial charge in [-0.15, -0.1) is 0 Å². The highest BCUT2D eigenvalue weighted by atomic mass is 79.9. The van der Waals surface area contributed by atoms with Gasteiger partial charge in [0.2, 0.25) is 0 Å². The number of carboxylic acids is 1. The quantitative estimate of drug-likeness (QED) is 0.532. The van der Waals surface area contributed by atoms with Gasteiger partial charge >= 0.3 is 5.97 Å². The minimum atomic E-state index is -1.10. The van der Waals surface area contributed by atoms with Gasteiger partial charge in [0.05, 0.1) is 10.5 Å². The number of nitrogens with zero attached hydrogens (tertiary/aromatic N) is 1. The molecule has 0 bridgehead atoms. The summed E-state index contributed by atoms with van der Waals surface area (Å²) in [6, 6.07) is 13.0. The van der Waals surface area contributed by atoms with Crippen LogP contribution < -0.4 is 5.43 Å². The molecule has 0 aromatic heterocycles. The molecule has 9 heteroatoms. The molecule has 6 nitrogen and oxygen atoms in total. The molecule has 1 aliphatic rings. The predicted octanol–water partition coefficient (Wildman–Crippen LogP) is 3.69. The molecule has 27 heavy (non-hydrogen) atoms. The van der Waals surface area contributed by atoms with Crippen molar-refractivity contribution in [3.63, 3.8) is 0 Å². The predicted molar refractivity (Wildman–Crippen MR) is 110 cm³/mol. The Bertz CT molecular complexity index is 989. The number of benzene rings is 2. The fourth-order valence-corrected chi connectivity index (χ4v) is 3.72. The second kappa shape index (κ2) is 8.03. The van der Waals surface area contributed by atoms with Gasteiger partial charge in [0.25, 0.3) is 11.8 Å². The minimum absolute atomic E-state index is 0.0710. The van der Waals surface area contributed by atoms with Gasteiger partial charge in [0, 0.05) is 10.0 Å². The van der Waals surface area contributed by atoms with Crippen molar-refractivity contribution in [2.45, 2.75) is 0 Å². The summed E-state index contributed by atoms with van der Waals surface area (Å²) < 4.78 is 0.981. The van der Waals surface area contributed by atoms with Crippen LogP contribution in [0, 0.1) is 0 Å². The summed E-state index contributed by atoms with van der Waals surface area (Å²) in [6.07, 6.45) is 1.45. The van der Waals surface area contributed by atoms with E-state index < -0.39 is 17.8 Å². The first-order chi connectivity index (χ1) is 12.9. The number of hydrazine groups is 1. The highest BCUT2D eigenvalue weighted by molar-refractivity contribution is 9.10. The number of aromatic carboxylic acids is 1. The molecular formula is C18H11BrN2O4S2. The molecule has 0 spiro atoms. The highest BCUT2D eigenvalue weighted by Gasteiger charge is 2.34. The first kappa shape index (κ1) is 19.3. The van der Waals surface area contributed by atoms with Crippen molar-refractivity contribution >= 4 is 68.1 Å². The van der Waals surface area contributed by atoms with Crippen LogP contribution in [0.3, 0.4) is 0 Å². The van der Waals surface area contributed by atoms with Gasteiger partial charge in [-0.2, -0.15) is 5.01 Å². The number of hydrogen-bond acceptors (Lipinski definition) is 5. The molecule has 2 aromatic carbocycles. The van der Waals surface area contributed by atoms with Crippen LogP contribution in [0.15, 0.2) is 57.9 Å². The maximum Gasteiger partial charge on any atom is 0.336 e. The molecule has 1 saturated heterocycles. The molecule has 0 radical (unpaired) electrons. The van der Waals surface area contributed by atoms with Crippen LogP contribution in [0.25, 0.3) is 6.08 Å². The lowest BCUT2D eigenvalue weighted by molar-refractivity contribution is -0.123. The van der Waals surface area contributed by atoms with E-state index in [1.807, 2.05) is 0 Å². The zero-order valence-corrected chi connectivity index (χ0v) is 16.7. The summed E-state index contributed by atoms with van der Waals surface area (Å²) >= 11 is 9.45. The molecule has 0 saturated carbocycles. The van der Waals surface area contributed by atoms with Crippen molar-refractivity contribution in [1.29, 1.82) is 0 Å². The van der Waals surface area contributed by atoms with E-state index in [4.69, 9.17) is 12.2 Å². The van der Waals surface area contributed by atoms with E-state index >= 15 is 0 Å². The van der Waals surface area contributed by atoms with Crippen LogP contribution in [0.5, 0.6) is 0 Å². The second-order valence-electron chi connectivity index (χ2n) is 5.36. The molecule has 0 atom stereocenters. The third-order valence-electron chi connectivity index (χ3n) is 3.59. The van der Waals surface area contributed by atoms with E-state index in [1.165, 1.54) is 12.1 Å². The average molecular weight is 463 g/mol. The van der Waals surface area contributed by atoms with E-state index in [1.54, 1.807) is 42.5 Å². The summed E-state index contributed by atoms with van der Waals surface area (Å²) in [4.78, 5) is 36.5. The number of rotatable bonds is 4. The largest absolute Gasteiger partial charge is 0.478 e. The molecule has 3 rings (SSSR count). The van der Waals surface area contributed by atoms with Crippen molar-refractivity contribution in [2.75, 3.05) is 0 Å². The fourth-order valence-electron chi connectivity index (χ4n) is 2.29. The van der Waals surface area contributed by atoms with Crippen molar-refractivity contribution in [2.24, 2.45) is 0 Å².